The summed E-state index contributed by atoms with van der Waals surface area (Å²) < 4.78 is 5.14. The normalized spacial score (nSPS) is 12.6. The van der Waals surface area contributed by atoms with Gasteiger partial charge in [-0.3, -0.25) is 10.1 Å². The zero-order valence-electron chi connectivity index (χ0n) is 12.8. The number of nitro benzene ring substituents is 1. The Labute approximate surface area is 133 Å². The molecule has 1 amide bonds. The first-order valence-corrected chi connectivity index (χ1v) is 7.13. The van der Waals surface area contributed by atoms with Crippen LogP contribution in [0.25, 0.3) is 0 Å². The molecule has 0 aromatic heterocycles. The Balaban J connectivity index is 2.87. The lowest BCUT2D eigenvalue weighted by Crippen LogP contribution is -2.44. The van der Waals surface area contributed by atoms with E-state index in [2.05, 4.69) is 5.32 Å². The van der Waals surface area contributed by atoms with Gasteiger partial charge in [-0.2, -0.15) is 0 Å². The molecule has 0 aliphatic carbocycles. The van der Waals surface area contributed by atoms with E-state index < -0.39 is 22.7 Å². The molecule has 0 spiro atoms. The van der Waals surface area contributed by atoms with Gasteiger partial charge in [0.2, 0.25) is 0 Å². The van der Waals surface area contributed by atoms with Crippen molar-refractivity contribution in [2.75, 3.05) is 6.54 Å². The number of nitrogens with one attached hydrogen (secondary N) is 1. The minimum atomic E-state index is -0.639. The Hall–Kier alpha value is -1.86. The van der Waals surface area contributed by atoms with Crippen LogP contribution in [-0.4, -0.2) is 29.2 Å². The van der Waals surface area contributed by atoms with E-state index >= 15 is 0 Å². The Morgan fingerprint density at radius 1 is 1.50 bits per heavy atom. The molecule has 8 heteroatoms. The third-order valence-corrected chi connectivity index (χ3v) is 3.10. The number of ether oxygens (including phenoxy) is 1. The first-order valence-electron chi connectivity index (χ1n) is 6.75. The van der Waals surface area contributed by atoms with Crippen molar-refractivity contribution >= 4 is 23.4 Å². The van der Waals surface area contributed by atoms with Gasteiger partial charge >= 0.3 is 6.09 Å². The van der Waals surface area contributed by atoms with Crippen molar-refractivity contribution in [2.24, 2.45) is 5.73 Å². The van der Waals surface area contributed by atoms with Crippen LogP contribution < -0.4 is 11.1 Å². The second-order valence-corrected chi connectivity index (χ2v) is 6.18. The summed E-state index contributed by atoms with van der Waals surface area (Å²) >= 11 is 6.03. The van der Waals surface area contributed by atoms with Crippen LogP contribution in [-0.2, 0) is 11.2 Å². The minimum absolute atomic E-state index is 0.0988. The summed E-state index contributed by atoms with van der Waals surface area (Å²) in [6.07, 6.45) is -0.483. The molecule has 22 heavy (non-hydrogen) atoms. The number of benzene rings is 1. The largest absolute Gasteiger partial charge is 0.444 e. The fourth-order valence-electron chi connectivity index (χ4n) is 1.83. The van der Waals surface area contributed by atoms with Gasteiger partial charge in [0, 0.05) is 25.1 Å². The molecule has 0 saturated carbocycles. The number of rotatable bonds is 5. The second-order valence-electron chi connectivity index (χ2n) is 5.78. The molecule has 0 fully saturated rings. The number of halogens is 1. The van der Waals surface area contributed by atoms with E-state index in [9.17, 15) is 14.9 Å². The molecule has 7 nitrogen and oxygen atoms in total. The van der Waals surface area contributed by atoms with E-state index in [-0.39, 0.29) is 23.7 Å². The number of nitro groups is 1. The number of amides is 1. The van der Waals surface area contributed by atoms with Crippen LogP contribution in [0.4, 0.5) is 10.5 Å². The average molecular weight is 330 g/mol. The lowest BCUT2D eigenvalue weighted by atomic mass is 10.0. The van der Waals surface area contributed by atoms with Crippen LogP contribution in [0.3, 0.4) is 0 Å². The maximum atomic E-state index is 11.8. The standard InChI is InChI=1S/C14H20ClN3O4/c1-14(2,3)22-13(19)17-9(8-16)7-10-11(15)5-4-6-12(10)18(20)21/h4-6,9H,7-8,16H2,1-3H3,(H,17,19). The minimum Gasteiger partial charge on any atom is -0.444 e. The molecule has 3 N–H and O–H groups in total. The molecule has 0 heterocycles. The van der Waals surface area contributed by atoms with Crippen molar-refractivity contribution in [3.63, 3.8) is 0 Å². The van der Waals surface area contributed by atoms with Gasteiger partial charge in [0.05, 0.1) is 15.5 Å². The highest BCUT2D eigenvalue weighted by Gasteiger charge is 2.23. The van der Waals surface area contributed by atoms with Gasteiger partial charge in [-0.1, -0.05) is 17.7 Å². The molecule has 0 aliphatic heterocycles. The van der Waals surface area contributed by atoms with Crippen LogP contribution in [0.5, 0.6) is 0 Å². The van der Waals surface area contributed by atoms with Crippen molar-refractivity contribution in [1.82, 2.24) is 5.32 Å². The van der Waals surface area contributed by atoms with Crippen LogP contribution in [0.1, 0.15) is 26.3 Å². The van der Waals surface area contributed by atoms with Crippen molar-refractivity contribution in [3.05, 3.63) is 38.9 Å². The Kier molecular flexibility index (Phi) is 6.13. The van der Waals surface area contributed by atoms with Crippen LogP contribution in [0.2, 0.25) is 5.02 Å². The summed E-state index contributed by atoms with van der Waals surface area (Å²) in [6.45, 7) is 5.32. The van der Waals surface area contributed by atoms with E-state index in [1.807, 2.05) is 0 Å². The summed E-state index contributed by atoms with van der Waals surface area (Å²) in [5, 5.41) is 13.9. The zero-order chi connectivity index (χ0) is 16.9. The van der Waals surface area contributed by atoms with E-state index in [1.54, 1.807) is 26.8 Å². The summed E-state index contributed by atoms with van der Waals surface area (Å²) in [5.41, 5.74) is 5.22. The highest BCUT2D eigenvalue weighted by atomic mass is 35.5. The van der Waals surface area contributed by atoms with Gasteiger partial charge in [0.15, 0.2) is 0 Å². The SMILES string of the molecule is CC(C)(C)OC(=O)NC(CN)Cc1c(Cl)cccc1[N+](=O)[O-]. The maximum absolute atomic E-state index is 11.8. The summed E-state index contributed by atoms with van der Waals surface area (Å²) in [4.78, 5) is 22.3. The first-order chi connectivity index (χ1) is 10.1. The van der Waals surface area contributed by atoms with Crippen LogP contribution in [0.15, 0.2) is 18.2 Å². The van der Waals surface area contributed by atoms with E-state index in [4.69, 9.17) is 22.1 Å². The topological polar surface area (TPSA) is 107 Å². The van der Waals surface area contributed by atoms with Crippen LogP contribution in [0, 0.1) is 10.1 Å². The lowest BCUT2D eigenvalue weighted by Gasteiger charge is -2.23. The molecule has 0 radical (unpaired) electrons. The average Bonchev–Trinajstić information content (AvgIpc) is 2.37. The molecule has 1 unspecified atom stereocenters. The van der Waals surface area contributed by atoms with E-state index in [1.165, 1.54) is 12.1 Å². The molecule has 1 atom stereocenters. The van der Waals surface area contributed by atoms with E-state index in [0.29, 0.717) is 5.56 Å². The molecule has 0 saturated heterocycles. The smallest absolute Gasteiger partial charge is 0.407 e. The summed E-state index contributed by atoms with van der Waals surface area (Å²) in [5.74, 6) is 0. The molecule has 0 aliphatic rings. The number of carbonyl (C=O) groups is 1. The quantitative estimate of drug-likeness (QED) is 0.637. The number of hydrogen-bond donors (Lipinski definition) is 2. The highest BCUT2D eigenvalue weighted by molar-refractivity contribution is 6.31. The third kappa shape index (κ3) is 5.50. The fraction of sp³-hybridized carbons (Fsp3) is 0.500. The summed E-state index contributed by atoms with van der Waals surface area (Å²) in [6, 6.07) is 3.91. The first kappa shape index (κ1) is 18.2. The highest BCUT2D eigenvalue weighted by Crippen LogP contribution is 2.27. The van der Waals surface area contributed by atoms with Gasteiger partial charge in [0.25, 0.3) is 5.69 Å². The van der Waals surface area contributed by atoms with Crippen molar-refractivity contribution < 1.29 is 14.5 Å². The molecule has 1 rings (SSSR count). The molecule has 1 aromatic carbocycles. The molecular weight excluding hydrogens is 310 g/mol. The maximum Gasteiger partial charge on any atom is 0.407 e. The predicted molar refractivity (Wildman–Crippen MR) is 84.0 cm³/mol. The molecular formula is C14H20ClN3O4. The molecule has 0 bridgehead atoms. The number of nitrogens with zero attached hydrogens (tertiary/aromatic N) is 1. The zero-order valence-corrected chi connectivity index (χ0v) is 13.5. The molecule has 1 aromatic rings. The third-order valence-electron chi connectivity index (χ3n) is 2.75. The van der Waals surface area contributed by atoms with Crippen LogP contribution >= 0.6 is 11.6 Å². The monoisotopic (exact) mass is 329 g/mol. The van der Waals surface area contributed by atoms with Gasteiger partial charge in [0.1, 0.15) is 5.60 Å². The van der Waals surface area contributed by atoms with E-state index in [0.717, 1.165) is 0 Å². The second kappa shape index (κ2) is 7.42. The van der Waals surface area contributed by atoms with Crippen molar-refractivity contribution in [1.29, 1.82) is 0 Å². The number of nitrogens with two attached hydrogens (primary N) is 1. The fourth-order valence-corrected chi connectivity index (χ4v) is 2.08. The Morgan fingerprint density at radius 3 is 2.64 bits per heavy atom. The Bertz CT molecular complexity index is 558. The van der Waals surface area contributed by atoms with Gasteiger partial charge in [-0.25, -0.2) is 4.79 Å². The molecule has 122 valence electrons. The number of hydrogen-bond acceptors (Lipinski definition) is 5. The van der Waals surface area contributed by atoms with Gasteiger partial charge in [-0.05, 0) is 26.8 Å². The van der Waals surface area contributed by atoms with Gasteiger partial charge in [-0.15, -0.1) is 0 Å². The van der Waals surface area contributed by atoms with Crippen molar-refractivity contribution in [2.45, 2.75) is 38.8 Å². The predicted octanol–water partition coefficient (Wildman–Crippen LogP) is 2.64. The van der Waals surface area contributed by atoms with Crippen molar-refractivity contribution in [3.8, 4) is 0 Å². The van der Waals surface area contributed by atoms with Gasteiger partial charge < -0.3 is 15.8 Å². The Morgan fingerprint density at radius 2 is 2.14 bits per heavy atom. The number of alkyl carbamates (subject to hydrolysis) is 1. The summed E-state index contributed by atoms with van der Waals surface area (Å²) in [7, 11) is 0. The lowest BCUT2D eigenvalue weighted by molar-refractivity contribution is -0.385. The number of carbonyl (C=O) groups excluding carboxylic acids is 1.